The summed E-state index contributed by atoms with van der Waals surface area (Å²) < 4.78 is 11.4. The molecule has 4 heterocycles. The summed E-state index contributed by atoms with van der Waals surface area (Å²) in [5.74, 6) is 3.49. The molecule has 0 amide bonds. The van der Waals surface area contributed by atoms with E-state index >= 15 is 0 Å². The van der Waals surface area contributed by atoms with Gasteiger partial charge in [-0.3, -0.25) is 4.57 Å². The Labute approximate surface area is 368 Å². The normalized spacial score (nSPS) is 13.2. The van der Waals surface area contributed by atoms with Crippen LogP contribution in [0, 0.1) is 0 Å². The van der Waals surface area contributed by atoms with Crippen molar-refractivity contribution in [1.82, 2.24) is 24.1 Å². The van der Waals surface area contributed by atoms with Crippen molar-refractivity contribution in [1.29, 1.82) is 0 Å². The van der Waals surface area contributed by atoms with Crippen LogP contribution in [0.3, 0.4) is 0 Å². The maximum absolute atomic E-state index is 6.72. The van der Waals surface area contributed by atoms with E-state index in [-0.39, 0.29) is 0 Å². The summed E-state index contributed by atoms with van der Waals surface area (Å²) in [7, 11) is 0. The van der Waals surface area contributed by atoms with Crippen LogP contribution in [0.1, 0.15) is 22.3 Å². The Morgan fingerprint density at radius 1 is 0.375 bits per heavy atom. The number of rotatable bonds is 4. The fraction of sp³-hybridized carbons (Fsp3) is 0.0172. The lowest BCUT2D eigenvalue weighted by atomic mass is 9.66. The Morgan fingerprint density at radius 3 is 1.58 bits per heavy atom. The average molecular weight is 818 g/mol. The predicted molar refractivity (Wildman–Crippen MR) is 257 cm³/mol. The number of ether oxygens (including phenoxy) is 1. The molecule has 3 aromatic heterocycles. The van der Waals surface area contributed by atoms with Crippen molar-refractivity contribution >= 4 is 43.6 Å². The lowest BCUT2D eigenvalue weighted by Crippen LogP contribution is -2.32. The molecule has 0 N–H and O–H groups in total. The molecular formula is C58H35N5O. The molecule has 64 heavy (non-hydrogen) atoms. The number of aromatic nitrogens is 5. The van der Waals surface area contributed by atoms with Crippen LogP contribution in [0.2, 0.25) is 0 Å². The molecule has 0 saturated heterocycles. The van der Waals surface area contributed by atoms with Gasteiger partial charge in [0.1, 0.15) is 11.5 Å². The summed E-state index contributed by atoms with van der Waals surface area (Å²) >= 11 is 0. The van der Waals surface area contributed by atoms with Crippen LogP contribution in [0.25, 0.3) is 89.2 Å². The Hall–Kier alpha value is -8.61. The van der Waals surface area contributed by atoms with Gasteiger partial charge in [-0.25, -0.2) is 4.98 Å². The van der Waals surface area contributed by atoms with Crippen LogP contribution in [0.4, 0.5) is 0 Å². The van der Waals surface area contributed by atoms with E-state index in [1.165, 1.54) is 22.1 Å². The minimum absolute atomic E-state index is 0.554. The molecule has 0 radical (unpaired) electrons. The van der Waals surface area contributed by atoms with E-state index in [9.17, 15) is 0 Å². The topological polar surface area (TPSA) is 57.8 Å². The zero-order chi connectivity index (χ0) is 41.9. The average Bonchev–Trinajstić information content (AvgIpc) is 3.98. The third kappa shape index (κ3) is 4.71. The molecule has 0 saturated carbocycles. The summed E-state index contributed by atoms with van der Waals surface area (Å²) in [4.78, 5) is 16.0. The van der Waals surface area contributed by atoms with Crippen molar-refractivity contribution in [2.24, 2.45) is 0 Å². The third-order valence-electron chi connectivity index (χ3n) is 13.4. The summed E-state index contributed by atoms with van der Waals surface area (Å²) in [6.07, 6.45) is 0. The number of nitrogens with zero attached hydrogens (tertiary/aromatic N) is 5. The van der Waals surface area contributed by atoms with Gasteiger partial charge in [0.25, 0.3) is 0 Å². The van der Waals surface area contributed by atoms with E-state index in [0.717, 1.165) is 83.2 Å². The van der Waals surface area contributed by atoms with Crippen LogP contribution in [-0.2, 0) is 5.41 Å². The fourth-order valence-electron chi connectivity index (χ4n) is 10.9. The van der Waals surface area contributed by atoms with Gasteiger partial charge >= 0.3 is 0 Å². The largest absolute Gasteiger partial charge is 0.457 e. The van der Waals surface area contributed by atoms with Gasteiger partial charge in [-0.2, -0.15) is 9.97 Å². The van der Waals surface area contributed by atoms with Crippen molar-refractivity contribution in [2.75, 3.05) is 0 Å². The number of fused-ring (bicyclic) bond motifs is 16. The molecule has 6 heteroatoms. The molecule has 12 aromatic rings. The van der Waals surface area contributed by atoms with Crippen LogP contribution in [-0.4, -0.2) is 24.1 Å². The maximum Gasteiger partial charge on any atom is 0.238 e. The molecule has 0 bridgehead atoms. The Morgan fingerprint density at radius 2 is 0.906 bits per heavy atom. The first-order valence-electron chi connectivity index (χ1n) is 21.7. The second kappa shape index (κ2) is 13.2. The highest BCUT2D eigenvalue weighted by atomic mass is 16.5. The molecule has 0 atom stereocenters. The molecule has 298 valence electrons. The lowest BCUT2D eigenvalue weighted by Gasteiger charge is -2.39. The van der Waals surface area contributed by atoms with Gasteiger partial charge < -0.3 is 9.30 Å². The molecule has 1 spiro atoms. The van der Waals surface area contributed by atoms with Crippen molar-refractivity contribution in [3.8, 4) is 57.0 Å². The minimum atomic E-state index is -0.652. The maximum atomic E-state index is 6.72. The van der Waals surface area contributed by atoms with E-state index in [2.05, 4.69) is 185 Å². The van der Waals surface area contributed by atoms with Crippen LogP contribution < -0.4 is 4.74 Å². The standard InChI is InChI=1S/C58H35N5O/c1-4-18-36(19-5-1)55-59-56(37-20-6-2-7-21-37)61-57(60-55)63-50-34-42-39-24-11-15-29-48(39)62(38-22-8-3-9-23-38)49(42)35-43(50)40-32-33-47-53(54(40)63)41-25-10-12-26-44(41)58(47)45-27-13-16-30-51(45)64-52-31-17-14-28-46(52)58/h1-35H. The molecule has 1 aliphatic carbocycles. The first-order chi connectivity index (χ1) is 31.8. The van der Waals surface area contributed by atoms with E-state index < -0.39 is 5.41 Å². The first kappa shape index (κ1) is 35.0. The Kier molecular flexibility index (Phi) is 7.22. The van der Waals surface area contributed by atoms with Gasteiger partial charge in [-0.1, -0.05) is 170 Å². The van der Waals surface area contributed by atoms with Gasteiger partial charge in [0.15, 0.2) is 11.6 Å². The molecule has 0 fully saturated rings. The highest BCUT2D eigenvalue weighted by Gasteiger charge is 2.52. The van der Waals surface area contributed by atoms with E-state index in [1.807, 2.05) is 36.4 Å². The molecule has 1 aliphatic heterocycles. The van der Waals surface area contributed by atoms with Crippen molar-refractivity contribution in [2.45, 2.75) is 5.41 Å². The monoisotopic (exact) mass is 817 g/mol. The number of para-hydroxylation sites is 4. The SMILES string of the molecule is c1ccc(-c2nc(-c3ccccc3)nc(-n3c4cc5c6ccccc6n(-c6ccccc6)c5cc4c4ccc5c(c43)-c3ccccc3C53c4ccccc4Oc4ccccc43)n2)cc1. The van der Waals surface area contributed by atoms with Gasteiger partial charge in [-0.15, -0.1) is 0 Å². The number of benzene rings is 9. The van der Waals surface area contributed by atoms with Crippen LogP contribution in [0.15, 0.2) is 212 Å². The number of hydrogen-bond donors (Lipinski definition) is 0. The van der Waals surface area contributed by atoms with E-state index in [0.29, 0.717) is 17.6 Å². The third-order valence-corrected chi connectivity index (χ3v) is 13.4. The second-order valence-electron chi connectivity index (χ2n) is 16.7. The van der Waals surface area contributed by atoms with Gasteiger partial charge in [0, 0.05) is 55.0 Å². The first-order valence-corrected chi connectivity index (χ1v) is 21.7. The van der Waals surface area contributed by atoms with E-state index in [1.54, 1.807) is 0 Å². The van der Waals surface area contributed by atoms with Crippen molar-refractivity contribution in [3.05, 3.63) is 235 Å². The summed E-state index contributed by atoms with van der Waals surface area (Å²) in [6, 6.07) is 75.3. The predicted octanol–water partition coefficient (Wildman–Crippen LogP) is 13.9. The van der Waals surface area contributed by atoms with Gasteiger partial charge in [0.05, 0.1) is 27.5 Å². The van der Waals surface area contributed by atoms with Crippen LogP contribution in [0.5, 0.6) is 11.5 Å². The highest BCUT2D eigenvalue weighted by Crippen LogP contribution is 2.63. The van der Waals surface area contributed by atoms with Gasteiger partial charge in [-0.05, 0) is 59.2 Å². The quantitative estimate of drug-likeness (QED) is 0.177. The zero-order valence-corrected chi connectivity index (χ0v) is 34.4. The molecular weight excluding hydrogens is 783 g/mol. The molecule has 6 nitrogen and oxygen atoms in total. The van der Waals surface area contributed by atoms with Gasteiger partial charge in [0.2, 0.25) is 5.95 Å². The summed E-state index contributed by atoms with van der Waals surface area (Å²) in [6.45, 7) is 0. The van der Waals surface area contributed by atoms with E-state index in [4.69, 9.17) is 19.7 Å². The van der Waals surface area contributed by atoms with Crippen LogP contribution >= 0.6 is 0 Å². The zero-order valence-electron chi connectivity index (χ0n) is 34.4. The summed E-state index contributed by atoms with van der Waals surface area (Å²) in [5, 5.41) is 4.55. The second-order valence-corrected chi connectivity index (χ2v) is 16.7. The minimum Gasteiger partial charge on any atom is -0.457 e. The lowest BCUT2D eigenvalue weighted by molar-refractivity contribution is 0.436. The summed E-state index contributed by atoms with van der Waals surface area (Å²) in [5.41, 5.74) is 13.6. The van der Waals surface area contributed by atoms with Crippen molar-refractivity contribution in [3.63, 3.8) is 0 Å². The fourth-order valence-corrected chi connectivity index (χ4v) is 10.9. The molecule has 9 aromatic carbocycles. The molecule has 2 aliphatic rings. The van der Waals surface area contributed by atoms with Crippen molar-refractivity contribution < 1.29 is 4.74 Å². The smallest absolute Gasteiger partial charge is 0.238 e. The molecule has 0 unspecified atom stereocenters. The highest BCUT2D eigenvalue weighted by molar-refractivity contribution is 6.21. The number of hydrogen-bond acceptors (Lipinski definition) is 4. The Bertz CT molecular complexity index is 3770. The Balaban J connectivity index is 1.19. The molecule has 14 rings (SSSR count).